The maximum atomic E-state index is 13.8. The third kappa shape index (κ3) is 4.28. The molecule has 31 heavy (non-hydrogen) atoms. The molecule has 2 atom stereocenters. The quantitative estimate of drug-likeness (QED) is 0.342. The summed E-state index contributed by atoms with van der Waals surface area (Å²) in [5.74, 6) is 0.748. The summed E-state index contributed by atoms with van der Waals surface area (Å²) in [6, 6.07) is 30.2. The molecule has 156 valence electrons. The van der Waals surface area contributed by atoms with Gasteiger partial charge in [0.15, 0.2) is 0 Å². The second-order valence-electron chi connectivity index (χ2n) is 9.12. The van der Waals surface area contributed by atoms with Crippen LogP contribution in [0.5, 0.6) is 0 Å². The number of ketones is 1. The van der Waals surface area contributed by atoms with E-state index in [9.17, 15) is 4.79 Å². The molecule has 4 aromatic rings. The van der Waals surface area contributed by atoms with Gasteiger partial charge in [-0.25, -0.2) is 0 Å². The average Bonchev–Trinajstić information content (AvgIpc) is 2.81. The van der Waals surface area contributed by atoms with E-state index in [2.05, 4.69) is 84.9 Å². The molecule has 0 bridgehead atoms. The van der Waals surface area contributed by atoms with Crippen LogP contribution in [0.1, 0.15) is 43.2 Å². The first-order valence-corrected chi connectivity index (χ1v) is 11.8. The summed E-state index contributed by atoms with van der Waals surface area (Å²) in [4.78, 5) is 13.8. The van der Waals surface area contributed by atoms with Crippen LogP contribution in [0.3, 0.4) is 0 Å². The lowest BCUT2D eigenvalue weighted by atomic mass is 9.77. The molecule has 0 heterocycles. The van der Waals surface area contributed by atoms with Gasteiger partial charge in [0.05, 0.1) is 0 Å². The number of hydrogen-bond acceptors (Lipinski definition) is 1. The highest BCUT2D eigenvalue weighted by molar-refractivity contribution is 5.89. The van der Waals surface area contributed by atoms with Crippen LogP contribution in [0.15, 0.2) is 84.9 Å². The topological polar surface area (TPSA) is 17.1 Å². The van der Waals surface area contributed by atoms with Gasteiger partial charge in [0.25, 0.3) is 0 Å². The third-order valence-corrected chi connectivity index (χ3v) is 7.10. The number of fused-ring (bicyclic) bond motifs is 2. The summed E-state index contributed by atoms with van der Waals surface area (Å²) in [6.07, 6.45) is 7.36. The summed E-state index contributed by atoms with van der Waals surface area (Å²) in [5, 5.41) is 5.13. The monoisotopic (exact) mass is 406 g/mol. The third-order valence-electron chi connectivity index (χ3n) is 7.10. The molecule has 0 aliphatic heterocycles. The Morgan fingerprint density at radius 3 is 1.52 bits per heavy atom. The molecule has 1 saturated carbocycles. The minimum Gasteiger partial charge on any atom is -0.299 e. The van der Waals surface area contributed by atoms with Crippen molar-refractivity contribution in [3.8, 4) is 0 Å². The highest BCUT2D eigenvalue weighted by atomic mass is 16.1. The normalized spacial score (nSPS) is 19.9. The molecular weight excluding hydrogens is 376 g/mol. The van der Waals surface area contributed by atoms with Gasteiger partial charge in [0.1, 0.15) is 5.78 Å². The van der Waals surface area contributed by atoms with E-state index < -0.39 is 0 Å². The van der Waals surface area contributed by atoms with Crippen molar-refractivity contribution in [2.24, 2.45) is 11.8 Å². The van der Waals surface area contributed by atoms with E-state index in [-0.39, 0.29) is 11.8 Å². The standard InChI is InChI=1S/C30H30O/c31-30-26(20-24-16-8-14-22-10-4-6-18-28(22)24)12-2-1-3-13-27(30)21-25-17-9-15-23-11-5-7-19-29(23)25/h4-11,14-19,26-27H,1-3,12-13,20-21H2. The minimum atomic E-state index is 0.131. The maximum Gasteiger partial charge on any atom is 0.139 e. The molecular formula is C30H30O. The van der Waals surface area contributed by atoms with Crippen molar-refractivity contribution in [3.05, 3.63) is 96.1 Å². The van der Waals surface area contributed by atoms with E-state index in [1.54, 1.807) is 0 Å². The molecule has 1 nitrogen and oxygen atoms in total. The van der Waals surface area contributed by atoms with Gasteiger partial charge >= 0.3 is 0 Å². The Morgan fingerprint density at radius 2 is 1.00 bits per heavy atom. The van der Waals surface area contributed by atoms with Crippen LogP contribution in [0, 0.1) is 11.8 Å². The molecule has 1 fully saturated rings. The Hall–Kier alpha value is -2.93. The summed E-state index contributed by atoms with van der Waals surface area (Å²) < 4.78 is 0. The van der Waals surface area contributed by atoms with Crippen molar-refractivity contribution in [3.63, 3.8) is 0 Å². The van der Waals surface area contributed by atoms with Crippen LogP contribution in [0.25, 0.3) is 21.5 Å². The fourth-order valence-electron chi connectivity index (χ4n) is 5.45. The lowest BCUT2D eigenvalue weighted by Crippen LogP contribution is -2.28. The van der Waals surface area contributed by atoms with Crippen LogP contribution < -0.4 is 0 Å². The Bertz CT molecular complexity index is 1100. The van der Waals surface area contributed by atoms with E-state index in [1.165, 1.54) is 51.9 Å². The summed E-state index contributed by atoms with van der Waals surface area (Å²) in [5.41, 5.74) is 2.64. The lowest BCUT2D eigenvalue weighted by molar-refractivity contribution is -0.127. The van der Waals surface area contributed by atoms with Gasteiger partial charge in [-0.2, -0.15) is 0 Å². The Morgan fingerprint density at radius 1 is 0.548 bits per heavy atom. The molecule has 0 radical (unpaired) electrons. The number of carbonyl (C=O) groups is 1. The molecule has 2 unspecified atom stereocenters. The molecule has 1 aliphatic carbocycles. The van der Waals surface area contributed by atoms with Gasteiger partial charge in [-0.05, 0) is 58.4 Å². The second kappa shape index (κ2) is 9.06. The number of carbonyl (C=O) groups excluding carboxylic acids is 1. The molecule has 0 saturated heterocycles. The van der Waals surface area contributed by atoms with Crippen molar-refractivity contribution < 1.29 is 4.79 Å². The van der Waals surface area contributed by atoms with Crippen LogP contribution in [-0.2, 0) is 17.6 Å². The first-order valence-electron chi connectivity index (χ1n) is 11.8. The van der Waals surface area contributed by atoms with Crippen molar-refractivity contribution in [1.29, 1.82) is 0 Å². The van der Waals surface area contributed by atoms with Crippen LogP contribution in [0.2, 0.25) is 0 Å². The molecule has 0 spiro atoms. The van der Waals surface area contributed by atoms with Crippen molar-refractivity contribution >= 4 is 27.3 Å². The smallest absolute Gasteiger partial charge is 0.139 e. The fourth-order valence-corrected chi connectivity index (χ4v) is 5.45. The molecule has 4 aromatic carbocycles. The number of Topliss-reactive ketones (excluding diaryl/α,β-unsaturated/α-hetero) is 1. The molecule has 0 N–H and O–H groups in total. The van der Waals surface area contributed by atoms with Gasteiger partial charge < -0.3 is 0 Å². The highest BCUT2D eigenvalue weighted by Crippen LogP contribution is 2.32. The number of rotatable bonds is 4. The molecule has 5 rings (SSSR count). The zero-order valence-electron chi connectivity index (χ0n) is 18.1. The molecule has 1 heteroatoms. The molecule has 0 amide bonds. The van der Waals surface area contributed by atoms with E-state index in [0.29, 0.717) is 5.78 Å². The van der Waals surface area contributed by atoms with Gasteiger partial charge in [-0.1, -0.05) is 104 Å². The summed E-state index contributed by atoms with van der Waals surface area (Å²) >= 11 is 0. The minimum absolute atomic E-state index is 0.131. The van der Waals surface area contributed by atoms with Crippen molar-refractivity contribution in [2.75, 3.05) is 0 Å². The van der Waals surface area contributed by atoms with Crippen LogP contribution in [0.4, 0.5) is 0 Å². The number of hydrogen-bond donors (Lipinski definition) is 0. The molecule has 1 aliphatic rings. The van der Waals surface area contributed by atoms with Crippen LogP contribution in [-0.4, -0.2) is 5.78 Å². The zero-order valence-corrected chi connectivity index (χ0v) is 18.1. The Kier molecular flexibility index (Phi) is 5.84. The summed E-state index contributed by atoms with van der Waals surface area (Å²) in [7, 11) is 0. The predicted molar refractivity (Wildman–Crippen MR) is 130 cm³/mol. The Labute approximate surface area is 185 Å². The first kappa shape index (κ1) is 20.0. The highest BCUT2D eigenvalue weighted by Gasteiger charge is 2.29. The second-order valence-corrected chi connectivity index (χ2v) is 9.12. The van der Waals surface area contributed by atoms with Gasteiger partial charge in [-0.15, -0.1) is 0 Å². The maximum absolute atomic E-state index is 13.8. The van der Waals surface area contributed by atoms with Crippen molar-refractivity contribution in [2.45, 2.75) is 44.9 Å². The SMILES string of the molecule is O=C1C(Cc2cccc3ccccc23)CCCCCC1Cc1cccc2ccccc12. The number of benzene rings is 4. The lowest BCUT2D eigenvalue weighted by Gasteiger charge is -2.26. The fraction of sp³-hybridized carbons (Fsp3) is 0.300. The van der Waals surface area contributed by atoms with E-state index in [4.69, 9.17) is 0 Å². The predicted octanol–water partition coefficient (Wildman–Crippen LogP) is 7.54. The van der Waals surface area contributed by atoms with E-state index >= 15 is 0 Å². The van der Waals surface area contributed by atoms with E-state index in [1.807, 2.05) is 0 Å². The molecule has 0 aromatic heterocycles. The van der Waals surface area contributed by atoms with Gasteiger partial charge in [-0.3, -0.25) is 4.79 Å². The largest absolute Gasteiger partial charge is 0.299 e. The van der Waals surface area contributed by atoms with Gasteiger partial charge in [0, 0.05) is 11.8 Å². The summed E-state index contributed by atoms with van der Waals surface area (Å²) in [6.45, 7) is 0. The van der Waals surface area contributed by atoms with Crippen LogP contribution >= 0.6 is 0 Å². The Balaban J connectivity index is 1.43. The first-order chi connectivity index (χ1) is 15.3. The van der Waals surface area contributed by atoms with E-state index in [0.717, 1.165) is 25.7 Å². The zero-order chi connectivity index (χ0) is 21.0. The average molecular weight is 407 g/mol. The van der Waals surface area contributed by atoms with Gasteiger partial charge in [0.2, 0.25) is 0 Å². The van der Waals surface area contributed by atoms with Crippen molar-refractivity contribution in [1.82, 2.24) is 0 Å².